The fraction of sp³-hybridized carbons (Fsp3) is 0.462. The lowest BCUT2D eigenvalue weighted by molar-refractivity contribution is -0.120. The molecule has 0 spiro atoms. The zero-order chi connectivity index (χ0) is 11.5. The van der Waals surface area contributed by atoms with Gasteiger partial charge in [-0.2, -0.15) is 0 Å². The zero-order valence-electron chi connectivity index (χ0n) is 9.33. The van der Waals surface area contributed by atoms with Gasteiger partial charge in [-0.05, 0) is 30.4 Å². The number of halogens is 1. The van der Waals surface area contributed by atoms with Crippen molar-refractivity contribution in [2.45, 2.75) is 31.6 Å². The second kappa shape index (κ2) is 4.64. The molecule has 3 heteroatoms. The second-order valence-electron chi connectivity index (χ2n) is 4.18. The Labute approximate surface area is 94.4 Å². The molecule has 0 radical (unpaired) electrons. The van der Waals surface area contributed by atoms with E-state index in [-0.39, 0.29) is 17.5 Å². The monoisotopic (exact) mass is 222 g/mol. The summed E-state index contributed by atoms with van der Waals surface area (Å²) in [4.78, 5) is 11.1. The molecule has 0 amide bonds. The Bertz CT molecular complexity index is 391. The highest BCUT2D eigenvalue weighted by Gasteiger charge is 2.23. The van der Waals surface area contributed by atoms with Gasteiger partial charge in [0, 0.05) is 12.8 Å². The topological polar surface area (TPSA) is 26.3 Å². The number of hydrogen-bond donors (Lipinski definition) is 0. The van der Waals surface area contributed by atoms with Gasteiger partial charge in [0.1, 0.15) is 5.78 Å². The molecule has 1 aromatic rings. The molecule has 0 unspecified atom stereocenters. The molecule has 1 aliphatic carbocycles. The van der Waals surface area contributed by atoms with Crippen molar-refractivity contribution >= 4 is 5.78 Å². The molecule has 1 saturated carbocycles. The van der Waals surface area contributed by atoms with E-state index in [1.165, 1.54) is 7.11 Å². The molecular weight excluding hydrogens is 207 g/mol. The van der Waals surface area contributed by atoms with Gasteiger partial charge in [0.2, 0.25) is 0 Å². The molecule has 2 nitrogen and oxygen atoms in total. The van der Waals surface area contributed by atoms with Crippen LogP contribution in [-0.2, 0) is 4.79 Å². The van der Waals surface area contributed by atoms with Crippen molar-refractivity contribution in [1.29, 1.82) is 0 Å². The van der Waals surface area contributed by atoms with E-state index in [2.05, 4.69) is 0 Å². The van der Waals surface area contributed by atoms with Crippen molar-refractivity contribution in [3.63, 3.8) is 0 Å². The molecule has 0 saturated heterocycles. The first-order chi connectivity index (χ1) is 7.72. The van der Waals surface area contributed by atoms with Gasteiger partial charge in [0.25, 0.3) is 0 Å². The minimum absolute atomic E-state index is 0.160. The summed E-state index contributed by atoms with van der Waals surface area (Å²) in [5.74, 6) is 0.464. The quantitative estimate of drug-likeness (QED) is 0.768. The van der Waals surface area contributed by atoms with Crippen LogP contribution >= 0.6 is 0 Å². The van der Waals surface area contributed by atoms with E-state index in [4.69, 9.17) is 4.74 Å². The average Bonchev–Trinajstić information content (AvgIpc) is 2.31. The minimum Gasteiger partial charge on any atom is -0.494 e. The van der Waals surface area contributed by atoms with Crippen LogP contribution in [-0.4, -0.2) is 12.9 Å². The molecule has 0 atom stereocenters. The summed E-state index contributed by atoms with van der Waals surface area (Å²) in [7, 11) is 1.46. The van der Waals surface area contributed by atoms with Gasteiger partial charge < -0.3 is 4.74 Å². The lowest BCUT2D eigenvalue weighted by Gasteiger charge is -2.22. The van der Waals surface area contributed by atoms with Crippen LogP contribution in [0.1, 0.15) is 37.2 Å². The normalized spacial score (nSPS) is 17.5. The highest BCUT2D eigenvalue weighted by Crippen LogP contribution is 2.35. The molecule has 0 N–H and O–H groups in total. The highest BCUT2D eigenvalue weighted by atomic mass is 19.1. The molecule has 0 bridgehead atoms. The molecule has 0 aliphatic heterocycles. The van der Waals surface area contributed by atoms with E-state index in [1.807, 2.05) is 0 Å². The third kappa shape index (κ3) is 2.08. The SMILES string of the molecule is COc1cccc(C2CCC(=O)CC2)c1F. The van der Waals surface area contributed by atoms with Crippen molar-refractivity contribution in [3.05, 3.63) is 29.6 Å². The number of Topliss-reactive ketones (excluding diaryl/α,β-unsaturated/α-hetero) is 1. The molecule has 0 aromatic heterocycles. The smallest absolute Gasteiger partial charge is 0.168 e. The molecule has 0 heterocycles. The van der Waals surface area contributed by atoms with Gasteiger partial charge in [-0.1, -0.05) is 12.1 Å². The molecule has 86 valence electrons. The van der Waals surface area contributed by atoms with E-state index in [9.17, 15) is 9.18 Å². The van der Waals surface area contributed by atoms with Crippen LogP contribution in [0.2, 0.25) is 0 Å². The van der Waals surface area contributed by atoms with Crippen LogP contribution in [0, 0.1) is 5.82 Å². The van der Waals surface area contributed by atoms with E-state index >= 15 is 0 Å². The van der Waals surface area contributed by atoms with Crippen LogP contribution in [0.15, 0.2) is 18.2 Å². The van der Waals surface area contributed by atoms with Gasteiger partial charge >= 0.3 is 0 Å². The number of hydrogen-bond acceptors (Lipinski definition) is 2. The summed E-state index contributed by atoms with van der Waals surface area (Å²) in [6, 6.07) is 5.21. The molecule has 1 aliphatic rings. The first-order valence-electron chi connectivity index (χ1n) is 5.56. The third-order valence-electron chi connectivity index (χ3n) is 3.20. The Kier molecular flexibility index (Phi) is 3.22. The summed E-state index contributed by atoms with van der Waals surface area (Å²) in [6.45, 7) is 0. The zero-order valence-corrected chi connectivity index (χ0v) is 9.33. The first kappa shape index (κ1) is 11.1. The minimum atomic E-state index is -0.274. The Morgan fingerprint density at radius 3 is 2.62 bits per heavy atom. The molecule has 1 aromatic carbocycles. The molecule has 1 fully saturated rings. The maximum absolute atomic E-state index is 13.9. The standard InChI is InChI=1S/C13H15FO2/c1-16-12-4-2-3-11(13(12)14)9-5-7-10(15)8-6-9/h2-4,9H,5-8H2,1H3. The van der Waals surface area contributed by atoms with Crippen LogP contribution in [0.3, 0.4) is 0 Å². The van der Waals surface area contributed by atoms with Gasteiger partial charge in [-0.15, -0.1) is 0 Å². The van der Waals surface area contributed by atoms with Crippen LogP contribution in [0.4, 0.5) is 4.39 Å². The van der Waals surface area contributed by atoms with Crippen molar-refractivity contribution in [2.75, 3.05) is 7.11 Å². The molecule has 2 rings (SSSR count). The number of ether oxygens (including phenoxy) is 1. The first-order valence-corrected chi connectivity index (χ1v) is 5.56. The average molecular weight is 222 g/mol. The maximum atomic E-state index is 13.9. The number of ketones is 1. The summed E-state index contributed by atoms with van der Waals surface area (Å²) >= 11 is 0. The number of rotatable bonds is 2. The van der Waals surface area contributed by atoms with E-state index in [0.717, 1.165) is 12.8 Å². The largest absolute Gasteiger partial charge is 0.494 e. The Hall–Kier alpha value is -1.38. The fourth-order valence-corrected chi connectivity index (χ4v) is 2.25. The number of carbonyl (C=O) groups is 1. The Morgan fingerprint density at radius 2 is 2.00 bits per heavy atom. The number of benzene rings is 1. The lowest BCUT2D eigenvalue weighted by Crippen LogP contribution is -2.13. The van der Waals surface area contributed by atoms with E-state index < -0.39 is 0 Å². The van der Waals surface area contributed by atoms with Crippen molar-refractivity contribution in [3.8, 4) is 5.75 Å². The number of methoxy groups -OCH3 is 1. The van der Waals surface area contributed by atoms with Crippen molar-refractivity contribution < 1.29 is 13.9 Å². The van der Waals surface area contributed by atoms with Gasteiger partial charge in [-0.25, -0.2) is 4.39 Å². The predicted molar refractivity (Wildman–Crippen MR) is 59.2 cm³/mol. The van der Waals surface area contributed by atoms with Crippen molar-refractivity contribution in [1.82, 2.24) is 0 Å². The van der Waals surface area contributed by atoms with Crippen molar-refractivity contribution in [2.24, 2.45) is 0 Å². The fourth-order valence-electron chi connectivity index (χ4n) is 2.25. The second-order valence-corrected chi connectivity index (χ2v) is 4.18. The summed E-state index contributed by atoms with van der Waals surface area (Å²) in [5, 5.41) is 0. The maximum Gasteiger partial charge on any atom is 0.168 e. The summed E-state index contributed by atoms with van der Waals surface area (Å²) in [6.07, 6.45) is 2.65. The van der Waals surface area contributed by atoms with Crippen LogP contribution < -0.4 is 4.74 Å². The molecule has 16 heavy (non-hydrogen) atoms. The summed E-state index contributed by atoms with van der Waals surface area (Å²) < 4.78 is 18.9. The van der Waals surface area contributed by atoms with E-state index in [0.29, 0.717) is 24.2 Å². The van der Waals surface area contributed by atoms with Crippen LogP contribution in [0.5, 0.6) is 5.75 Å². The lowest BCUT2D eigenvalue weighted by atomic mass is 9.83. The van der Waals surface area contributed by atoms with Gasteiger partial charge in [0.05, 0.1) is 7.11 Å². The van der Waals surface area contributed by atoms with Gasteiger partial charge in [0.15, 0.2) is 11.6 Å². The Morgan fingerprint density at radius 1 is 1.31 bits per heavy atom. The molecular formula is C13H15FO2. The Balaban J connectivity index is 2.23. The van der Waals surface area contributed by atoms with Gasteiger partial charge in [-0.3, -0.25) is 4.79 Å². The summed E-state index contributed by atoms with van der Waals surface area (Å²) in [5.41, 5.74) is 0.687. The van der Waals surface area contributed by atoms with Crippen LogP contribution in [0.25, 0.3) is 0 Å². The highest BCUT2D eigenvalue weighted by molar-refractivity contribution is 5.79. The van der Waals surface area contributed by atoms with E-state index in [1.54, 1.807) is 18.2 Å². The third-order valence-corrected chi connectivity index (χ3v) is 3.20. The predicted octanol–water partition coefficient (Wildman–Crippen LogP) is 3.06. The number of carbonyl (C=O) groups excluding carboxylic acids is 1.